The predicted molar refractivity (Wildman–Crippen MR) is 82.4 cm³/mol. The summed E-state index contributed by atoms with van der Waals surface area (Å²) in [4.78, 5) is 14.4. The summed E-state index contributed by atoms with van der Waals surface area (Å²) in [6, 6.07) is 11.1. The van der Waals surface area contributed by atoms with Crippen molar-refractivity contribution in [1.29, 1.82) is 0 Å². The Hall–Kier alpha value is -2.00. The Labute approximate surface area is 123 Å². The maximum atomic E-state index is 12.6. The van der Waals surface area contributed by atoms with Crippen molar-refractivity contribution in [2.75, 3.05) is 17.2 Å². The monoisotopic (exact) mass is 286 g/mol. The standard InChI is InChI=1S/C16H15ClN2O/c1-10-5-6-12(9-13(10)17)16(20)19-8-7-11-3-2-4-14(18)15(11)19/h2-6,9H,7-8,18H2,1H3. The van der Waals surface area contributed by atoms with Gasteiger partial charge in [0.25, 0.3) is 5.91 Å². The number of nitrogens with two attached hydrogens (primary N) is 1. The second-order valence-corrected chi connectivity index (χ2v) is 5.43. The smallest absolute Gasteiger partial charge is 0.258 e. The lowest BCUT2D eigenvalue weighted by Gasteiger charge is -2.19. The number of nitrogen functional groups attached to an aromatic ring is 1. The molecule has 0 saturated carbocycles. The first-order chi connectivity index (χ1) is 9.58. The normalized spacial score (nSPS) is 13.4. The van der Waals surface area contributed by atoms with Crippen LogP contribution in [-0.4, -0.2) is 12.5 Å². The van der Waals surface area contributed by atoms with Gasteiger partial charge in [-0.1, -0.05) is 29.8 Å². The summed E-state index contributed by atoms with van der Waals surface area (Å²) in [7, 11) is 0. The second kappa shape index (κ2) is 4.84. The number of carbonyl (C=O) groups is 1. The highest BCUT2D eigenvalue weighted by atomic mass is 35.5. The average molecular weight is 287 g/mol. The molecule has 0 aliphatic carbocycles. The summed E-state index contributed by atoms with van der Waals surface area (Å²) >= 11 is 6.10. The first-order valence-electron chi connectivity index (χ1n) is 6.53. The third-order valence-corrected chi connectivity index (χ3v) is 4.10. The molecule has 1 aliphatic rings. The van der Waals surface area contributed by atoms with Gasteiger partial charge in [-0.3, -0.25) is 4.79 Å². The molecule has 4 heteroatoms. The molecule has 3 nitrogen and oxygen atoms in total. The number of benzene rings is 2. The minimum atomic E-state index is -0.0523. The molecule has 2 N–H and O–H groups in total. The van der Waals surface area contributed by atoms with E-state index in [-0.39, 0.29) is 5.91 Å². The van der Waals surface area contributed by atoms with Gasteiger partial charge in [0.05, 0.1) is 11.4 Å². The summed E-state index contributed by atoms with van der Waals surface area (Å²) < 4.78 is 0. The molecule has 0 fully saturated rings. The molecule has 1 aliphatic heterocycles. The molecule has 0 aromatic heterocycles. The van der Waals surface area contributed by atoms with Gasteiger partial charge in [-0.2, -0.15) is 0 Å². The number of rotatable bonds is 1. The number of halogens is 1. The Bertz CT molecular complexity index is 697. The topological polar surface area (TPSA) is 46.3 Å². The van der Waals surface area contributed by atoms with Crippen LogP contribution in [0.5, 0.6) is 0 Å². The van der Waals surface area contributed by atoms with Crippen molar-refractivity contribution in [3.05, 3.63) is 58.1 Å². The van der Waals surface area contributed by atoms with Crippen LogP contribution in [0.1, 0.15) is 21.5 Å². The van der Waals surface area contributed by atoms with Gasteiger partial charge in [0, 0.05) is 17.1 Å². The molecule has 0 spiro atoms. The minimum absolute atomic E-state index is 0.0523. The van der Waals surface area contributed by atoms with E-state index in [1.54, 1.807) is 17.0 Å². The van der Waals surface area contributed by atoms with Crippen molar-refractivity contribution < 1.29 is 4.79 Å². The summed E-state index contributed by atoms with van der Waals surface area (Å²) in [6.07, 6.45) is 0.839. The summed E-state index contributed by atoms with van der Waals surface area (Å²) in [6.45, 7) is 2.58. The zero-order valence-corrected chi connectivity index (χ0v) is 11.9. The lowest BCUT2D eigenvalue weighted by atomic mass is 10.1. The Kier molecular flexibility index (Phi) is 3.14. The number of hydrogen-bond donors (Lipinski definition) is 1. The third kappa shape index (κ3) is 2.04. The van der Waals surface area contributed by atoms with Crippen LogP contribution < -0.4 is 10.6 Å². The van der Waals surface area contributed by atoms with Gasteiger partial charge in [0.2, 0.25) is 0 Å². The van der Waals surface area contributed by atoms with Gasteiger partial charge < -0.3 is 10.6 Å². The fourth-order valence-corrected chi connectivity index (χ4v) is 2.75. The van der Waals surface area contributed by atoms with Gasteiger partial charge in [-0.15, -0.1) is 0 Å². The molecular formula is C16H15ClN2O. The fraction of sp³-hybridized carbons (Fsp3) is 0.188. The molecule has 1 heterocycles. The lowest BCUT2D eigenvalue weighted by Crippen LogP contribution is -2.29. The van der Waals surface area contributed by atoms with Crippen LogP contribution >= 0.6 is 11.6 Å². The van der Waals surface area contributed by atoms with Crippen molar-refractivity contribution in [2.24, 2.45) is 0 Å². The minimum Gasteiger partial charge on any atom is -0.397 e. The van der Waals surface area contributed by atoms with Crippen LogP contribution in [0, 0.1) is 6.92 Å². The van der Waals surface area contributed by atoms with E-state index in [1.807, 2.05) is 31.2 Å². The molecule has 0 saturated heterocycles. The van der Waals surface area contributed by atoms with Crippen LogP contribution in [0.2, 0.25) is 5.02 Å². The van der Waals surface area contributed by atoms with Gasteiger partial charge in [-0.25, -0.2) is 0 Å². The quantitative estimate of drug-likeness (QED) is 0.816. The lowest BCUT2D eigenvalue weighted by molar-refractivity contribution is 0.0989. The number of hydrogen-bond acceptors (Lipinski definition) is 2. The Morgan fingerprint density at radius 1 is 1.30 bits per heavy atom. The van der Waals surface area contributed by atoms with Crippen LogP contribution in [-0.2, 0) is 6.42 Å². The first-order valence-corrected chi connectivity index (χ1v) is 6.91. The van der Waals surface area contributed by atoms with E-state index in [1.165, 1.54) is 0 Å². The molecule has 0 unspecified atom stereocenters. The highest BCUT2D eigenvalue weighted by molar-refractivity contribution is 6.31. The SMILES string of the molecule is Cc1ccc(C(=O)N2CCc3cccc(N)c32)cc1Cl. The second-order valence-electron chi connectivity index (χ2n) is 5.03. The van der Waals surface area contributed by atoms with Gasteiger partial charge in [0.15, 0.2) is 0 Å². The molecule has 1 amide bonds. The zero-order chi connectivity index (χ0) is 14.3. The van der Waals surface area contributed by atoms with Crippen LogP contribution in [0.25, 0.3) is 0 Å². The summed E-state index contributed by atoms with van der Waals surface area (Å²) in [5.74, 6) is -0.0523. The molecule has 102 valence electrons. The number of para-hydroxylation sites is 1. The van der Waals surface area contributed by atoms with Crippen LogP contribution in [0.4, 0.5) is 11.4 Å². The van der Waals surface area contributed by atoms with Crippen molar-refractivity contribution in [1.82, 2.24) is 0 Å². The van der Waals surface area contributed by atoms with E-state index >= 15 is 0 Å². The van der Waals surface area contributed by atoms with E-state index < -0.39 is 0 Å². The summed E-state index contributed by atoms with van der Waals surface area (Å²) in [5, 5.41) is 0.608. The Morgan fingerprint density at radius 2 is 2.10 bits per heavy atom. The summed E-state index contributed by atoms with van der Waals surface area (Å²) in [5.41, 5.74) is 10.2. The number of aryl methyl sites for hydroxylation is 1. The van der Waals surface area contributed by atoms with E-state index in [9.17, 15) is 4.79 Å². The maximum absolute atomic E-state index is 12.6. The molecule has 20 heavy (non-hydrogen) atoms. The van der Waals surface area contributed by atoms with Gasteiger partial charge in [-0.05, 0) is 42.7 Å². The van der Waals surface area contributed by atoms with E-state index in [0.717, 1.165) is 23.2 Å². The van der Waals surface area contributed by atoms with Crippen molar-refractivity contribution in [3.63, 3.8) is 0 Å². The van der Waals surface area contributed by atoms with Crippen molar-refractivity contribution in [2.45, 2.75) is 13.3 Å². The number of amides is 1. The van der Waals surface area contributed by atoms with Crippen molar-refractivity contribution in [3.8, 4) is 0 Å². The maximum Gasteiger partial charge on any atom is 0.258 e. The fourth-order valence-electron chi connectivity index (χ4n) is 2.57. The highest BCUT2D eigenvalue weighted by Crippen LogP contribution is 2.34. The Morgan fingerprint density at radius 3 is 2.85 bits per heavy atom. The van der Waals surface area contributed by atoms with E-state index in [4.69, 9.17) is 17.3 Å². The molecule has 0 atom stereocenters. The van der Waals surface area contributed by atoms with Gasteiger partial charge in [0.1, 0.15) is 0 Å². The molecule has 3 rings (SSSR count). The zero-order valence-electron chi connectivity index (χ0n) is 11.2. The predicted octanol–water partition coefficient (Wildman–Crippen LogP) is 3.43. The first kappa shape index (κ1) is 13.0. The highest BCUT2D eigenvalue weighted by Gasteiger charge is 2.27. The molecule has 0 bridgehead atoms. The third-order valence-electron chi connectivity index (χ3n) is 3.69. The van der Waals surface area contributed by atoms with Gasteiger partial charge >= 0.3 is 0 Å². The Balaban J connectivity index is 1.99. The average Bonchev–Trinajstić information content (AvgIpc) is 2.86. The number of fused-ring (bicyclic) bond motifs is 1. The molecule has 0 radical (unpaired) electrons. The number of carbonyl (C=O) groups excluding carboxylic acids is 1. The van der Waals surface area contributed by atoms with Crippen molar-refractivity contribution >= 4 is 28.9 Å². The number of nitrogens with zero attached hydrogens (tertiary/aromatic N) is 1. The molecular weight excluding hydrogens is 272 g/mol. The molecule has 2 aromatic rings. The van der Waals surface area contributed by atoms with E-state index in [0.29, 0.717) is 22.8 Å². The molecule has 2 aromatic carbocycles. The van der Waals surface area contributed by atoms with Crippen LogP contribution in [0.3, 0.4) is 0 Å². The van der Waals surface area contributed by atoms with E-state index in [2.05, 4.69) is 0 Å². The largest absolute Gasteiger partial charge is 0.397 e. The van der Waals surface area contributed by atoms with Crippen LogP contribution in [0.15, 0.2) is 36.4 Å². The number of anilines is 2.